The monoisotopic (exact) mass is 396 g/mol. The molecule has 1 aromatic carbocycles. The van der Waals surface area contributed by atoms with Crippen LogP contribution in [0.25, 0.3) is 0 Å². The van der Waals surface area contributed by atoms with Gasteiger partial charge in [-0.15, -0.1) is 0 Å². The van der Waals surface area contributed by atoms with Gasteiger partial charge >= 0.3 is 5.97 Å². The number of ether oxygens (including phenoxy) is 1. The van der Waals surface area contributed by atoms with Crippen LogP contribution in [0.5, 0.6) is 0 Å². The zero-order valence-electron chi connectivity index (χ0n) is 15.0. The minimum Gasteiger partial charge on any atom is -0.478 e. The van der Waals surface area contributed by atoms with Crippen LogP contribution in [0.15, 0.2) is 29.2 Å². The third-order valence-corrected chi connectivity index (χ3v) is 7.11. The average Bonchev–Trinajstić information content (AvgIpc) is 3.20. The molecule has 0 saturated carbocycles. The molecule has 2 fully saturated rings. The predicted molar refractivity (Wildman–Crippen MR) is 96.8 cm³/mol. The summed E-state index contributed by atoms with van der Waals surface area (Å²) in [7, 11) is -3.91. The van der Waals surface area contributed by atoms with Crippen molar-refractivity contribution in [2.45, 2.75) is 24.2 Å². The summed E-state index contributed by atoms with van der Waals surface area (Å²) in [4.78, 5) is 23.4. The van der Waals surface area contributed by atoms with E-state index in [1.54, 1.807) is 0 Å². The van der Waals surface area contributed by atoms with Crippen molar-refractivity contribution in [3.8, 4) is 0 Å². The van der Waals surface area contributed by atoms with E-state index in [1.807, 2.05) is 0 Å². The van der Waals surface area contributed by atoms with Crippen LogP contribution < -0.4 is 5.32 Å². The molecule has 9 heteroatoms. The number of carbonyl (C=O) groups excluding carboxylic acids is 1. The molecule has 2 N–H and O–H groups in total. The zero-order valence-corrected chi connectivity index (χ0v) is 15.8. The minimum atomic E-state index is -3.91. The Balaban J connectivity index is 1.59. The summed E-state index contributed by atoms with van der Waals surface area (Å²) in [5.74, 6) is -1.21. The SMILES string of the molecule is O=C(O)c1ccccc1S(=O)(=O)N1CCC(C(=O)NCC2CCOC2)CC1. The summed E-state index contributed by atoms with van der Waals surface area (Å²) in [6.45, 7) is 2.37. The van der Waals surface area contributed by atoms with Crippen LogP contribution in [0.1, 0.15) is 29.6 Å². The van der Waals surface area contributed by atoms with Crippen molar-refractivity contribution in [3.63, 3.8) is 0 Å². The first-order valence-electron chi connectivity index (χ1n) is 9.07. The Morgan fingerprint density at radius 1 is 1.19 bits per heavy atom. The second-order valence-corrected chi connectivity index (χ2v) is 8.86. The minimum absolute atomic E-state index is 0.0510. The Bertz CT molecular complexity index is 796. The first kappa shape index (κ1) is 19.8. The van der Waals surface area contributed by atoms with E-state index in [2.05, 4.69) is 5.32 Å². The molecular formula is C18H24N2O6S. The maximum atomic E-state index is 12.8. The highest BCUT2D eigenvalue weighted by molar-refractivity contribution is 7.89. The second kappa shape index (κ2) is 8.37. The highest BCUT2D eigenvalue weighted by Gasteiger charge is 2.34. The maximum Gasteiger partial charge on any atom is 0.337 e. The molecule has 1 aromatic rings. The molecule has 2 aliphatic heterocycles. The van der Waals surface area contributed by atoms with Gasteiger partial charge in [0.15, 0.2) is 0 Å². The van der Waals surface area contributed by atoms with E-state index >= 15 is 0 Å². The molecule has 1 amide bonds. The fraction of sp³-hybridized carbons (Fsp3) is 0.556. The van der Waals surface area contributed by atoms with Crippen molar-refractivity contribution in [2.75, 3.05) is 32.8 Å². The van der Waals surface area contributed by atoms with Gasteiger partial charge in [-0.25, -0.2) is 13.2 Å². The quantitative estimate of drug-likeness (QED) is 0.740. The third-order valence-electron chi connectivity index (χ3n) is 5.15. The number of aromatic carboxylic acids is 1. The molecule has 0 bridgehead atoms. The molecule has 1 unspecified atom stereocenters. The van der Waals surface area contributed by atoms with E-state index in [0.29, 0.717) is 31.9 Å². The summed E-state index contributed by atoms with van der Waals surface area (Å²) >= 11 is 0. The summed E-state index contributed by atoms with van der Waals surface area (Å²) in [6.07, 6.45) is 1.78. The lowest BCUT2D eigenvalue weighted by molar-refractivity contribution is -0.126. The molecule has 8 nitrogen and oxygen atoms in total. The van der Waals surface area contributed by atoms with Crippen LogP contribution in [0.3, 0.4) is 0 Å². The number of carboxylic acids is 1. The standard InChI is InChI=1S/C18H24N2O6S/c21-17(19-11-13-7-10-26-12-13)14-5-8-20(9-6-14)27(24,25)16-4-2-1-3-15(16)18(22)23/h1-4,13-14H,5-12H2,(H,19,21)(H,22,23). The fourth-order valence-electron chi connectivity index (χ4n) is 3.50. The molecule has 2 aliphatic rings. The van der Waals surface area contributed by atoms with Crippen LogP contribution in [0, 0.1) is 11.8 Å². The molecule has 2 saturated heterocycles. The summed E-state index contributed by atoms with van der Waals surface area (Å²) in [5.41, 5.74) is -0.240. The molecule has 3 rings (SSSR count). The molecule has 148 valence electrons. The van der Waals surface area contributed by atoms with E-state index in [-0.39, 0.29) is 35.4 Å². The van der Waals surface area contributed by atoms with Gasteiger partial charge in [0.2, 0.25) is 15.9 Å². The lowest BCUT2D eigenvalue weighted by atomic mass is 9.97. The number of hydrogen-bond donors (Lipinski definition) is 2. The van der Waals surface area contributed by atoms with Crippen molar-refractivity contribution < 1.29 is 27.9 Å². The van der Waals surface area contributed by atoms with Gasteiger partial charge in [-0.2, -0.15) is 4.31 Å². The van der Waals surface area contributed by atoms with Crippen molar-refractivity contribution in [3.05, 3.63) is 29.8 Å². The largest absolute Gasteiger partial charge is 0.478 e. The number of hydrogen-bond acceptors (Lipinski definition) is 5. The van der Waals surface area contributed by atoms with E-state index in [4.69, 9.17) is 4.74 Å². The number of rotatable bonds is 6. The fourth-order valence-corrected chi connectivity index (χ4v) is 5.15. The molecule has 0 aromatic heterocycles. The number of carbonyl (C=O) groups is 2. The molecule has 0 spiro atoms. The smallest absolute Gasteiger partial charge is 0.337 e. The number of nitrogens with one attached hydrogen (secondary N) is 1. The van der Waals surface area contributed by atoms with Crippen molar-refractivity contribution in [1.29, 1.82) is 0 Å². The first-order chi connectivity index (χ1) is 12.9. The van der Waals surface area contributed by atoms with Gasteiger partial charge in [-0.05, 0) is 31.4 Å². The van der Waals surface area contributed by atoms with E-state index in [1.165, 1.54) is 28.6 Å². The first-order valence-corrected chi connectivity index (χ1v) is 10.5. The number of nitrogens with zero attached hydrogens (tertiary/aromatic N) is 1. The van der Waals surface area contributed by atoms with Crippen LogP contribution in [-0.4, -0.2) is 62.6 Å². The second-order valence-electron chi connectivity index (χ2n) is 6.95. The summed E-state index contributed by atoms with van der Waals surface area (Å²) < 4.78 is 32.2. The highest BCUT2D eigenvalue weighted by Crippen LogP contribution is 2.26. The number of benzene rings is 1. The Morgan fingerprint density at radius 2 is 1.89 bits per heavy atom. The van der Waals surface area contributed by atoms with Crippen LogP contribution in [0.2, 0.25) is 0 Å². The number of carboxylic acid groups (broad SMARTS) is 1. The van der Waals surface area contributed by atoms with Crippen molar-refractivity contribution in [2.24, 2.45) is 11.8 Å². The highest BCUT2D eigenvalue weighted by atomic mass is 32.2. The Hall–Kier alpha value is -1.97. The number of sulfonamides is 1. The molecule has 27 heavy (non-hydrogen) atoms. The Morgan fingerprint density at radius 3 is 2.52 bits per heavy atom. The number of piperidine rings is 1. The van der Waals surface area contributed by atoms with Gasteiger partial charge in [0.1, 0.15) is 0 Å². The van der Waals surface area contributed by atoms with Gasteiger partial charge in [-0.1, -0.05) is 12.1 Å². The van der Waals surface area contributed by atoms with Gasteiger partial charge in [-0.3, -0.25) is 4.79 Å². The third kappa shape index (κ3) is 4.48. The topological polar surface area (TPSA) is 113 Å². The lowest BCUT2D eigenvalue weighted by Gasteiger charge is -2.31. The van der Waals surface area contributed by atoms with Gasteiger partial charge in [0.25, 0.3) is 0 Å². The summed E-state index contributed by atoms with van der Waals surface area (Å²) in [5, 5.41) is 12.2. The van der Waals surface area contributed by atoms with Gasteiger partial charge < -0.3 is 15.2 Å². The normalized spacial score (nSPS) is 21.9. The Labute approximate surface area is 158 Å². The number of amides is 1. The van der Waals surface area contributed by atoms with E-state index in [0.717, 1.165) is 13.0 Å². The van der Waals surface area contributed by atoms with Crippen LogP contribution in [-0.2, 0) is 19.6 Å². The van der Waals surface area contributed by atoms with Crippen molar-refractivity contribution >= 4 is 21.9 Å². The van der Waals surface area contributed by atoms with Crippen LogP contribution in [0.4, 0.5) is 0 Å². The van der Waals surface area contributed by atoms with E-state index in [9.17, 15) is 23.1 Å². The van der Waals surface area contributed by atoms with E-state index < -0.39 is 16.0 Å². The molecule has 2 heterocycles. The molecular weight excluding hydrogens is 372 g/mol. The van der Waals surface area contributed by atoms with Crippen LogP contribution >= 0.6 is 0 Å². The Kier molecular flexibility index (Phi) is 6.13. The molecule has 0 aliphatic carbocycles. The van der Waals surface area contributed by atoms with Gasteiger partial charge in [0.05, 0.1) is 17.1 Å². The van der Waals surface area contributed by atoms with Crippen molar-refractivity contribution in [1.82, 2.24) is 9.62 Å². The maximum absolute atomic E-state index is 12.8. The molecule has 1 atom stereocenters. The predicted octanol–water partition coefficient (Wildman–Crippen LogP) is 0.938. The lowest BCUT2D eigenvalue weighted by Crippen LogP contribution is -2.44. The summed E-state index contributed by atoms with van der Waals surface area (Å²) in [6, 6.07) is 5.59. The van der Waals surface area contributed by atoms with Gasteiger partial charge in [0, 0.05) is 38.1 Å². The zero-order chi connectivity index (χ0) is 19.4. The average molecular weight is 396 g/mol. The molecule has 0 radical (unpaired) electrons.